The second-order valence-corrected chi connectivity index (χ2v) is 6.06. The molecule has 1 N–H and O–H groups in total. The van der Waals surface area contributed by atoms with Gasteiger partial charge in [0.2, 0.25) is 11.8 Å². The van der Waals surface area contributed by atoms with Crippen LogP contribution < -0.4 is 10.1 Å². The van der Waals surface area contributed by atoms with Crippen molar-refractivity contribution in [2.24, 2.45) is 0 Å². The summed E-state index contributed by atoms with van der Waals surface area (Å²) in [6.07, 6.45) is 0.632. The summed E-state index contributed by atoms with van der Waals surface area (Å²) in [5, 5.41) is 3.23. The first-order chi connectivity index (χ1) is 11.4. The van der Waals surface area contributed by atoms with Gasteiger partial charge in [-0.25, -0.2) is 18.7 Å². The highest BCUT2D eigenvalue weighted by molar-refractivity contribution is 5.54. The van der Waals surface area contributed by atoms with Crippen molar-refractivity contribution >= 4 is 5.82 Å². The molecule has 0 bridgehead atoms. The number of rotatable bonds is 4. The van der Waals surface area contributed by atoms with E-state index in [0.717, 1.165) is 5.69 Å². The van der Waals surface area contributed by atoms with E-state index in [9.17, 15) is 8.78 Å². The van der Waals surface area contributed by atoms with Gasteiger partial charge < -0.3 is 10.1 Å². The lowest BCUT2D eigenvalue weighted by atomic mass is 9.92. The standard InChI is InChI=1S/C17H20F2N4O/c1-11-4-3-5-13(20-11)16-22-14(10-15(23-16)24-2)21-12-6-8-17(18,19)9-7-12/h3-5,10,12H,6-9H2,1-2H3,(H,21,22,23). The smallest absolute Gasteiger partial charge is 0.248 e. The molecule has 0 spiro atoms. The number of aromatic nitrogens is 3. The van der Waals surface area contributed by atoms with Gasteiger partial charge in [0, 0.05) is 30.6 Å². The molecule has 0 atom stereocenters. The van der Waals surface area contributed by atoms with E-state index in [0.29, 0.717) is 36.1 Å². The van der Waals surface area contributed by atoms with Gasteiger partial charge >= 0.3 is 0 Å². The minimum Gasteiger partial charge on any atom is -0.481 e. The van der Waals surface area contributed by atoms with Crippen molar-refractivity contribution in [1.29, 1.82) is 0 Å². The Morgan fingerprint density at radius 3 is 2.58 bits per heavy atom. The molecule has 5 nitrogen and oxygen atoms in total. The van der Waals surface area contributed by atoms with Crippen LogP contribution in [0, 0.1) is 6.92 Å². The van der Waals surface area contributed by atoms with Crippen LogP contribution in [-0.2, 0) is 0 Å². The van der Waals surface area contributed by atoms with Gasteiger partial charge in [-0.15, -0.1) is 0 Å². The minimum absolute atomic E-state index is 0.0254. The van der Waals surface area contributed by atoms with Crippen molar-refractivity contribution in [3.63, 3.8) is 0 Å². The van der Waals surface area contributed by atoms with Gasteiger partial charge in [0.15, 0.2) is 5.82 Å². The Bertz CT molecular complexity index is 713. The number of hydrogen-bond acceptors (Lipinski definition) is 5. The fourth-order valence-corrected chi connectivity index (χ4v) is 2.78. The van der Waals surface area contributed by atoms with E-state index in [4.69, 9.17) is 4.74 Å². The largest absolute Gasteiger partial charge is 0.481 e. The van der Waals surface area contributed by atoms with Crippen LogP contribution in [-0.4, -0.2) is 34.0 Å². The average molecular weight is 334 g/mol. The first-order valence-electron chi connectivity index (χ1n) is 7.97. The van der Waals surface area contributed by atoms with Gasteiger partial charge in [0.25, 0.3) is 0 Å². The van der Waals surface area contributed by atoms with Crippen molar-refractivity contribution in [1.82, 2.24) is 15.0 Å². The molecule has 128 valence electrons. The maximum absolute atomic E-state index is 13.3. The van der Waals surface area contributed by atoms with Crippen LogP contribution in [0.3, 0.4) is 0 Å². The number of nitrogens with zero attached hydrogens (tertiary/aromatic N) is 3. The molecule has 3 rings (SSSR count). The fourth-order valence-electron chi connectivity index (χ4n) is 2.78. The van der Waals surface area contributed by atoms with Crippen LogP contribution in [0.1, 0.15) is 31.4 Å². The van der Waals surface area contributed by atoms with E-state index in [-0.39, 0.29) is 18.9 Å². The van der Waals surface area contributed by atoms with Gasteiger partial charge in [0.05, 0.1) is 7.11 Å². The minimum atomic E-state index is -2.54. The lowest BCUT2D eigenvalue weighted by molar-refractivity contribution is -0.0361. The van der Waals surface area contributed by atoms with Gasteiger partial charge in [-0.1, -0.05) is 6.07 Å². The van der Waals surface area contributed by atoms with Gasteiger partial charge in [-0.3, -0.25) is 0 Å². The van der Waals surface area contributed by atoms with E-state index < -0.39 is 5.92 Å². The summed E-state index contributed by atoms with van der Waals surface area (Å²) < 4.78 is 31.8. The molecule has 2 aromatic rings. The zero-order chi connectivity index (χ0) is 17.2. The van der Waals surface area contributed by atoms with Crippen molar-refractivity contribution in [3.8, 4) is 17.4 Å². The Hall–Kier alpha value is -2.31. The monoisotopic (exact) mass is 334 g/mol. The van der Waals surface area contributed by atoms with E-state index in [2.05, 4.69) is 20.3 Å². The first kappa shape index (κ1) is 16.5. The fraction of sp³-hybridized carbons (Fsp3) is 0.471. The number of alkyl halides is 2. The quantitative estimate of drug-likeness (QED) is 0.920. The summed E-state index contributed by atoms with van der Waals surface area (Å²) in [4.78, 5) is 13.2. The normalized spacial score (nSPS) is 17.5. The summed E-state index contributed by atoms with van der Waals surface area (Å²) in [6, 6.07) is 7.25. The molecule has 1 saturated carbocycles. The number of halogens is 2. The SMILES string of the molecule is COc1cc(NC2CCC(F)(F)CC2)nc(-c2cccc(C)n2)n1. The third kappa shape index (κ3) is 3.96. The van der Waals surface area contributed by atoms with Crippen LogP contribution in [0.4, 0.5) is 14.6 Å². The molecule has 0 saturated heterocycles. The Morgan fingerprint density at radius 2 is 1.92 bits per heavy atom. The zero-order valence-electron chi connectivity index (χ0n) is 13.7. The van der Waals surface area contributed by atoms with Crippen LogP contribution in [0.2, 0.25) is 0 Å². The number of aryl methyl sites for hydroxylation is 1. The number of ether oxygens (including phenoxy) is 1. The Morgan fingerprint density at radius 1 is 1.17 bits per heavy atom. The average Bonchev–Trinajstić information content (AvgIpc) is 2.56. The summed E-state index contributed by atoms with van der Waals surface area (Å²) in [6.45, 7) is 1.89. The summed E-state index contributed by atoms with van der Waals surface area (Å²) in [7, 11) is 1.53. The molecule has 7 heteroatoms. The highest BCUT2D eigenvalue weighted by Crippen LogP contribution is 2.34. The summed E-state index contributed by atoms with van der Waals surface area (Å²) >= 11 is 0. The van der Waals surface area contributed by atoms with Crippen LogP contribution >= 0.6 is 0 Å². The second-order valence-electron chi connectivity index (χ2n) is 6.06. The Labute approximate surface area is 139 Å². The molecule has 24 heavy (non-hydrogen) atoms. The second kappa shape index (κ2) is 6.67. The van der Waals surface area contributed by atoms with E-state index >= 15 is 0 Å². The molecule has 2 heterocycles. The van der Waals surface area contributed by atoms with Crippen LogP contribution in [0.15, 0.2) is 24.3 Å². The maximum atomic E-state index is 13.3. The van der Waals surface area contributed by atoms with Crippen molar-refractivity contribution in [2.75, 3.05) is 12.4 Å². The summed E-state index contributed by atoms with van der Waals surface area (Å²) in [5.74, 6) is -1.12. The molecule has 2 aromatic heterocycles. The highest BCUT2D eigenvalue weighted by Gasteiger charge is 2.35. The number of hydrogen-bond donors (Lipinski definition) is 1. The number of nitrogens with one attached hydrogen (secondary N) is 1. The van der Waals surface area contributed by atoms with E-state index in [1.165, 1.54) is 7.11 Å². The lowest BCUT2D eigenvalue weighted by Gasteiger charge is -2.29. The molecule has 1 fully saturated rings. The third-order valence-corrected chi connectivity index (χ3v) is 4.10. The number of pyridine rings is 1. The summed E-state index contributed by atoms with van der Waals surface area (Å²) in [5.41, 5.74) is 1.51. The third-order valence-electron chi connectivity index (χ3n) is 4.10. The van der Waals surface area contributed by atoms with Gasteiger partial charge in [0.1, 0.15) is 11.5 Å². The molecule has 0 unspecified atom stereocenters. The molecular weight excluding hydrogens is 314 g/mol. The van der Waals surface area contributed by atoms with Crippen molar-refractivity contribution in [2.45, 2.75) is 44.6 Å². The molecule has 0 aliphatic heterocycles. The topological polar surface area (TPSA) is 59.9 Å². The molecule has 0 radical (unpaired) electrons. The van der Waals surface area contributed by atoms with E-state index in [1.54, 1.807) is 6.07 Å². The van der Waals surface area contributed by atoms with Crippen molar-refractivity contribution in [3.05, 3.63) is 30.0 Å². The maximum Gasteiger partial charge on any atom is 0.248 e. The van der Waals surface area contributed by atoms with Crippen molar-refractivity contribution < 1.29 is 13.5 Å². The molecule has 1 aliphatic rings. The molecular formula is C17H20F2N4O. The van der Waals surface area contributed by atoms with Gasteiger partial charge in [-0.05, 0) is 31.9 Å². The van der Waals surface area contributed by atoms with Crippen LogP contribution in [0.5, 0.6) is 5.88 Å². The Kier molecular flexibility index (Phi) is 4.59. The van der Waals surface area contributed by atoms with Crippen LogP contribution in [0.25, 0.3) is 11.5 Å². The molecule has 0 aromatic carbocycles. The molecule has 0 amide bonds. The first-order valence-corrected chi connectivity index (χ1v) is 7.97. The van der Waals surface area contributed by atoms with Gasteiger partial charge in [-0.2, -0.15) is 4.98 Å². The molecule has 1 aliphatic carbocycles. The number of methoxy groups -OCH3 is 1. The predicted molar refractivity (Wildman–Crippen MR) is 87.4 cm³/mol. The zero-order valence-corrected chi connectivity index (χ0v) is 13.7. The van der Waals surface area contributed by atoms with E-state index in [1.807, 2.05) is 25.1 Å². The predicted octanol–water partition coefficient (Wildman–Crippen LogP) is 3.85. The Balaban J connectivity index is 1.82. The lowest BCUT2D eigenvalue weighted by Crippen LogP contribution is -2.32. The highest BCUT2D eigenvalue weighted by atomic mass is 19.3. The number of anilines is 1.